The Morgan fingerprint density at radius 3 is 2.24 bits per heavy atom. The maximum absolute atomic E-state index is 13.3. The highest BCUT2D eigenvalue weighted by Crippen LogP contribution is 2.31. The number of hydrogen-bond donors (Lipinski definition) is 1. The van der Waals surface area contributed by atoms with E-state index >= 15 is 0 Å². The third kappa shape index (κ3) is 7.91. The molecule has 0 bridgehead atoms. The number of nitrogens with one attached hydrogen (secondary N) is 1. The molecule has 1 unspecified atom stereocenters. The van der Waals surface area contributed by atoms with Crippen molar-refractivity contribution >= 4 is 38.5 Å². The summed E-state index contributed by atoms with van der Waals surface area (Å²) in [6, 6.07) is 15.1. The molecule has 9 heteroatoms. The van der Waals surface area contributed by atoms with Gasteiger partial charge in [-0.3, -0.25) is 0 Å². The van der Waals surface area contributed by atoms with E-state index in [0.29, 0.717) is 18.7 Å². The monoisotopic (exact) mass is 512 g/mol. The molecule has 33 heavy (non-hydrogen) atoms. The van der Waals surface area contributed by atoms with E-state index in [9.17, 15) is 12.6 Å². The summed E-state index contributed by atoms with van der Waals surface area (Å²) in [6.45, 7) is 7.43. The summed E-state index contributed by atoms with van der Waals surface area (Å²) in [5.41, 5.74) is 1.81. The zero-order valence-electron chi connectivity index (χ0n) is 19.7. The summed E-state index contributed by atoms with van der Waals surface area (Å²) in [7, 11) is -3.97. The van der Waals surface area contributed by atoms with Crippen LogP contribution in [0.1, 0.15) is 50.8 Å². The fourth-order valence-electron chi connectivity index (χ4n) is 3.20. The number of nitrogens with zero attached hydrogens (tertiary/aromatic N) is 1. The molecule has 2 aromatic rings. The molecular weight excluding hydrogens is 480 g/mol. The zero-order chi connectivity index (χ0) is 24.6. The molecule has 1 N–H and O–H groups in total. The van der Waals surface area contributed by atoms with Gasteiger partial charge in [0.25, 0.3) is 0 Å². The van der Waals surface area contributed by atoms with Crippen molar-refractivity contribution in [1.29, 1.82) is 0 Å². The van der Waals surface area contributed by atoms with Gasteiger partial charge in [0.05, 0.1) is 28.7 Å². The van der Waals surface area contributed by atoms with Crippen molar-refractivity contribution in [1.82, 2.24) is 4.72 Å². The minimum absolute atomic E-state index is 0.160. The van der Waals surface area contributed by atoms with Gasteiger partial charge in [0, 0.05) is 5.88 Å². The van der Waals surface area contributed by atoms with Gasteiger partial charge in [0.1, 0.15) is 11.0 Å². The Balaban J connectivity index is 2.61. The Morgan fingerprint density at radius 2 is 1.73 bits per heavy atom. The van der Waals surface area contributed by atoms with Crippen LogP contribution in [0.25, 0.3) is 0 Å². The highest BCUT2D eigenvalue weighted by atomic mass is 35.5. The van der Waals surface area contributed by atoms with Gasteiger partial charge < -0.3 is 4.74 Å². The van der Waals surface area contributed by atoms with Crippen LogP contribution in [0.5, 0.6) is 0 Å². The van der Waals surface area contributed by atoms with E-state index in [2.05, 4.69) is 9.12 Å². The average molecular weight is 513 g/mol. The highest BCUT2D eigenvalue weighted by molar-refractivity contribution is 7.89. The Bertz CT molecular complexity index is 1050. The zero-order valence-corrected chi connectivity index (χ0v) is 22.1. The van der Waals surface area contributed by atoms with Crippen molar-refractivity contribution in [3.05, 3.63) is 65.7 Å². The third-order valence-electron chi connectivity index (χ3n) is 5.05. The van der Waals surface area contributed by atoms with Crippen molar-refractivity contribution in [2.24, 2.45) is 10.3 Å². The number of aryl methyl sites for hydroxylation is 1. The second kappa shape index (κ2) is 12.1. The number of hydrogen-bond acceptors (Lipinski definition) is 4. The normalized spacial score (nSPS) is 15.6. The van der Waals surface area contributed by atoms with Crippen LogP contribution in [0, 0.1) is 12.8 Å². The van der Waals surface area contributed by atoms with E-state index in [-0.39, 0.29) is 10.8 Å². The van der Waals surface area contributed by atoms with Gasteiger partial charge in [0.15, 0.2) is 0 Å². The first kappa shape index (κ1) is 27.5. The van der Waals surface area contributed by atoms with Crippen LogP contribution >= 0.6 is 11.6 Å². The molecule has 0 heterocycles. The van der Waals surface area contributed by atoms with Gasteiger partial charge in [-0.2, -0.15) is 4.40 Å². The van der Waals surface area contributed by atoms with Crippen LogP contribution < -0.4 is 4.72 Å². The highest BCUT2D eigenvalue weighted by Gasteiger charge is 2.34. The fraction of sp³-hybridized carbons (Fsp3) is 0.458. The van der Waals surface area contributed by atoms with E-state index in [1.165, 1.54) is 7.11 Å². The summed E-state index contributed by atoms with van der Waals surface area (Å²) in [6.07, 6.45) is 1.10. The second-order valence-electron chi connectivity index (χ2n) is 8.76. The van der Waals surface area contributed by atoms with Gasteiger partial charge in [-0.05, 0) is 58.2 Å². The fourth-order valence-corrected chi connectivity index (χ4v) is 5.28. The first-order valence-electron chi connectivity index (χ1n) is 10.7. The number of benzene rings is 2. The predicted molar refractivity (Wildman–Crippen MR) is 136 cm³/mol. The molecule has 6 nitrogen and oxygen atoms in total. The number of rotatable bonds is 10. The quantitative estimate of drug-likeness (QED) is 0.271. The summed E-state index contributed by atoms with van der Waals surface area (Å²) in [5.74, 6) is 0.109. The van der Waals surface area contributed by atoms with Gasteiger partial charge in [-0.25, -0.2) is 17.3 Å². The van der Waals surface area contributed by atoms with E-state index < -0.39 is 37.7 Å². The molecule has 2 aromatic carbocycles. The largest absolute Gasteiger partial charge is 0.483 e. The molecule has 0 radical (unpaired) electrons. The molecule has 0 fully saturated rings. The number of methoxy groups -OCH3 is 1. The molecule has 0 saturated carbocycles. The van der Waals surface area contributed by atoms with Gasteiger partial charge in [0.2, 0.25) is 15.9 Å². The lowest BCUT2D eigenvalue weighted by Crippen LogP contribution is -2.38. The van der Waals surface area contributed by atoms with Crippen LogP contribution in [-0.4, -0.2) is 36.3 Å². The maximum Gasteiger partial charge on any atom is 0.241 e. The summed E-state index contributed by atoms with van der Waals surface area (Å²) >= 11 is 5.99. The van der Waals surface area contributed by atoms with Crippen molar-refractivity contribution in [2.45, 2.75) is 56.2 Å². The van der Waals surface area contributed by atoms with E-state index in [1.54, 1.807) is 30.3 Å². The number of sulfonamides is 1. The molecule has 182 valence electrons. The first-order valence-corrected chi connectivity index (χ1v) is 13.9. The van der Waals surface area contributed by atoms with Crippen LogP contribution in [0.15, 0.2) is 63.9 Å². The Labute approximate surface area is 205 Å². The Hall–Kier alpha value is -1.74. The predicted octanol–water partition coefficient (Wildman–Crippen LogP) is 5.16. The lowest BCUT2D eigenvalue weighted by molar-refractivity contribution is 0.332. The van der Waals surface area contributed by atoms with Crippen molar-refractivity contribution < 1.29 is 17.4 Å². The lowest BCUT2D eigenvalue weighted by Gasteiger charge is -2.29. The standard InChI is InChI=1S/C24H33ClN2O4S2/c1-18-13-15-19(16-14-18)22(27-33(29,30)20-10-7-6-8-11-20)21(12-9-17-25)23(31-5)26-32(28)24(2,3)4/h6-8,10-11,13-16,21-22,27H,9,12,17H2,1-5H3/b26-23-/t21-,22-,32?/m0/s1. The molecule has 0 aliphatic rings. The van der Waals surface area contributed by atoms with E-state index in [1.807, 2.05) is 52.0 Å². The van der Waals surface area contributed by atoms with E-state index in [4.69, 9.17) is 16.3 Å². The Kier molecular flexibility index (Phi) is 10.1. The lowest BCUT2D eigenvalue weighted by atomic mass is 9.89. The second-order valence-corrected chi connectivity index (χ2v) is 12.8. The smallest absolute Gasteiger partial charge is 0.241 e. The third-order valence-corrected chi connectivity index (χ3v) is 8.16. The number of alkyl halides is 1. The molecule has 0 aliphatic heterocycles. The van der Waals surface area contributed by atoms with Crippen LogP contribution in [0.4, 0.5) is 0 Å². The molecule has 0 saturated heterocycles. The summed E-state index contributed by atoms with van der Waals surface area (Å²) in [5, 5.41) is 0. The molecule has 0 amide bonds. The molecule has 0 aliphatic carbocycles. The number of ether oxygens (including phenoxy) is 1. The molecule has 0 spiro atoms. The van der Waals surface area contributed by atoms with Crippen LogP contribution in [0.2, 0.25) is 0 Å². The molecular formula is C24H33ClN2O4S2. The van der Waals surface area contributed by atoms with Gasteiger partial charge in [-0.15, -0.1) is 11.6 Å². The maximum atomic E-state index is 13.3. The van der Waals surface area contributed by atoms with Gasteiger partial charge >= 0.3 is 0 Å². The topological polar surface area (TPSA) is 84.8 Å². The van der Waals surface area contributed by atoms with Gasteiger partial charge in [-0.1, -0.05) is 48.0 Å². The molecule has 2 rings (SSSR count). The SMILES string of the molecule is CO/C(=N\S(=O)C(C)(C)C)[C@@H](CCCCl)[C@@H](NS(=O)(=O)c1ccccc1)c1ccc(C)cc1. The van der Waals surface area contributed by atoms with Crippen molar-refractivity contribution in [3.63, 3.8) is 0 Å². The molecule has 0 aromatic heterocycles. The van der Waals surface area contributed by atoms with Crippen LogP contribution in [0.3, 0.4) is 0 Å². The number of halogens is 1. The average Bonchev–Trinajstić information content (AvgIpc) is 2.77. The van der Waals surface area contributed by atoms with Crippen molar-refractivity contribution in [3.8, 4) is 0 Å². The minimum Gasteiger partial charge on any atom is -0.483 e. The van der Waals surface area contributed by atoms with Crippen LogP contribution in [-0.2, 0) is 25.7 Å². The molecule has 3 atom stereocenters. The minimum atomic E-state index is -3.86. The van der Waals surface area contributed by atoms with E-state index in [0.717, 1.165) is 11.1 Å². The Morgan fingerprint density at radius 1 is 1.12 bits per heavy atom. The summed E-state index contributed by atoms with van der Waals surface area (Å²) in [4.78, 5) is 0.160. The first-order chi connectivity index (χ1) is 15.5. The van der Waals surface area contributed by atoms with Crippen molar-refractivity contribution in [2.75, 3.05) is 13.0 Å². The summed E-state index contributed by atoms with van der Waals surface area (Å²) < 4.78 is 51.6.